The minimum absolute atomic E-state index is 0.107. The number of nitrogens with two attached hydrogens (primary N) is 1. The van der Waals surface area contributed by atoms with Crippen molar-refractivity contribution in [3.63, 3.8) is 0 Å². The maximum atomic E-state index is 9.78. The van der Waals surface area contributed by atoms with E-state index in [1.165, 1.54) is 7.11 Å². The number of hydrogen-bond donors (Lipinski definition) is 2. The molecule has 0 saturated carbocycles. The average Bonchev–Trinajstić information content (AvgIpc) is 2.60. The van der Waals surface area contributed by atoms with E-state index < -0.39 is 24.3 Å². The zero-order valence-electron chi connectivity index (χ0n) is 12.9. The Bertz CT molecular complexity index is 534. The van der Waals surface area contributed by atoms with Gasteiger partial charge in [-0.3, -0.25) is 0 Å². The first-order valence-corrected chi connectivity index (χ1v) is 7.14. The standard InChI is InChI=1S/C14H21BClNO4/c1-13(2)14(3,4)21-15(20-13)12(17)8-6-9(16)11(18)10(7-8)19-5/h6-7,12,18H,17H2,1-5H3/t12-/m1/s1. The summed E-state index contributed by atoms with van der Waals surface area (Å²) in [5.41, 5.74) is 6.00. The van der Waals surface area contributed by atoms with E-state index in [0.29, 0.717) is 5.56 Å². The van der Waals surface area contributed by atoms with Gasteiger partial charge in [0.1, 0.15) is 0 Å². The van der Waals surface area contributed by atoms with Crippen LogP contribution in [0.4, 0.5) is 0 Å². The highest BCUT2D eigenvalue weighted by Gasteiger charge is 2.53. The van der Waals surface area contributed by atoms with Gasteiger partial charge in [0.2, 0.25) is 0 Å². The van der Waals surface area contributed by atoms with Crippen LogP contribution in [0.5, 0.6) is 11.5 Å². The molecule has 0 aliphatic carbocycles. The molecule has 1 aliphatic rings. The van der Waals surface area contributed by atoms with Crippen molar-refractivity contribution in [3.8, 4) is 11.5 Å². The first kappa shape index (κ1) is 16.4. The molecule has 116 valence electrons. The Kier molecular flexibility index (Phi) is 4.19. The SMILES string of the molecule is COc1cc([C@@H](N)B2OC(C)(C)C(C)(C)O2)cc(Cl)c1O. The molecule has 2 rings (SSSR count). The van der Waals surface area contributed by atoms with Gasteiger partial charge < -0.3 is 24.9 Å². The molecule has 7 heteroatoms. The van der Waals surface area contributed by atoms with Gasteiger partial charge in [-0.15, -0.1) is 0 Å². The second-order valence-corrected chi connectivity index (χ2v) is 6.61. The number of ether oxygens (including phenoxy) is 1. The maximum Gasteiger partial charge on any atom is 0.480 e. The van der Waals surface area contributed by atoms with Crippen LogP contribution >= 0.6 is 11.6 Å². The second kappa shape index (κ2) is 5.36. The third-order valence-corrected chi connectivity index (χ3v) is 4.51. The summed E-state index contributed by atoms with van der Waals surface area (Å²) in [5.74, 6) is -0.383. The summed E-state index contributed by atoms with van der Waals surface area (Å²) in [7, 11) is 0.857. The first-order valence-electron chi connectivity index (χ1n) is 6.76. The van der Waals surface area contributed by atoms with E-state index in [9.17, 15) is 5.11 Å². The van der Waals surface area contributed by atoms with Gasteiger partial charge >= 0.3 is 7.12 Å². The van der Waals surface area contributed by atoms with Crippen LogP contribution in [-0.2, 0) is 9.31 Å². The lowest BCUT2D eigenvalue weighted by Crippen LogP contribution is -2.41. The van der Waals surface area contributed by atoms with Crippen molar-refractivity contribution in [1.82, 2.24) is 0 Å². The molecular weight excluding hydrogens is 292 g/mol. The van der Waals surface area contributed by atoms with Crippen LogP contribution in [0.2, 0.25) is 5.02 Å². The summed E-state index contributed by atoms with van der Waals surface area (Å²) in [4.78, 5) is 0. The lowest BCUT2D eigenvalue weighted by atomic mass is 9.75. The molecule has 3 N–H and O–H groups in total. The molecule has 1 atom stereocenters. The number of halogens is 1. The van der Waals surface area contributed by atoms with Gasteiger partial charge in [-0.05, 0) is 45.4 Å². The lowest BCUT2D eigenvalue weighted by Gasteiger charge is -2.32. The monoisotopic (exact) mass is 313 g/mol. The maximum absolute atomic E-state index is 9.78. The first-order chi connectivity index (χ1) is 9.59. The summed E-state index contributed by atoms with van der Waals surface area (Å²) < 4.78 is 17.0. The topological polar surface area (TPSA) is 73.9 Å². The summed E-state index contributed by atoms with van der Waals surface area (Å²) in [6, 6.07) is 3.23. The lowest BCUT2D eigenvalue weighted by molar-refractivity contribution is 0.00578. The molecular formula is C14H21BClNO4. The van der Waals surface area contributed by atoms with Crippen LogP contribution in [0, 0.1) is 0 Å². The molecule has 1 heterocycles. The van der Waals surface area contributed by atoms with Gasteiger partial charge in [0.05, 0.1) is 29.3 Å². The highest BCUT2D eigenvalue weighted by Crippen LogP contribution is 2.41. The minimum atomic E-state index is -0.597. The third-order valence-electron chi connectivity index (χ3n) is 4.22. The molecule has 0 unspecified atom stereocenters. The molecule has 1 aromatic carbocycles. The van der Waals surface area contributed by atoms with Crippen LogP contribution in [0.25, 0.3) is 0 Å². The van der Waals surface area contributed by atoms with Gasteiger partial charge in [-0.1, -0.05) is 11.6 Å². The molecule has 1 fully saturated rings. The number of hydrogen-bond acceptors (Lipinski definition) is 5. The number of benzene rings is 1. The molecule has 1 aromatic rings. The van der Waals surface area contributed by atoms with Crippen LogP contribution in [0.3, 0.4) is 0 Å². The molecule has 0 bridgehead atoms. The van der Waals surface area contributed by atoms with Crippen molar-refractivity contribution in [2.24, 2.45) is 5.73 Å². The molecule has 0 radical (unpaired) electrons. The molecule has 1 saturated heterocycles. The predicted molar refractivity (Wildman–Crippen MR) is 82.7 cm³/mol. The van der Waals surface area contributed by atoms with Crippen molar-refractivity contribution in [1.29, 1.82) is 0 Å². The van der Waals surface area contributed by atoms with Crippen LogP contribution in [0.1, 0.15) is 39.2 Å². The van der Waals surface area contributed by atoms with E-state index in [2.05, 4.69) is 0 Å². The largest absolute Gasteiger partial charge is 0.503 e. The Morgan fingerprint density at radius 2 is 1.76 bits per heavy atom. The van der Waals surface area contributed by atoms with Crippen LogP contribution < -0.4 is 10.5 Å². The van der Waals surface area contributed by atoms with Crippen molar-refractivity contribution in [2.45, 2.75) is 44.8 Å². The Balaban J connectivity index is 2.30. The summed E-state index contributed by atoms with van der Waals surface area (Å²) in [6.45, 7) is 7.85. The van der Waals surface area contributed by atoms with Gasteiger partial charge in [-0.25, -0.2) is 0 Å². The quantitative estimate of drug-likeness (QED) is 0.839. The molecule has 5 nitrogen and oxygen atoms in total. The van der Waals surface area contributed by atoms with E-state index in [1.54, 1.807) is 12.1 Å². The average molecular weight is 314 g/mol. The van der Waals surface area contributed by atoms with Crippen molar-refractivity contribution in [2.75, 3.05) is 7.11 Å². The fraction of sp³-hybridized carbons (Fsp3) is 0.571. The van der Waals surface area contributed by atoms with Gasteiger partial charge in [0, 0.05) is 0 Å². The van der Waals surface area contributed by atoms with Gasteiger partial charge in [-0.2, -0.15) is 0 Å². The van der Waals surface area contributed by atoms with Crippen molar-refractivity contribution >= 4 is 18.7 Å². The summed E-state index contributed by atoms with van der Waals surface area (Å²) >= 11 is 5.99. The normalized spacial score (nSPS) is 21.4. The number of phenols is 1. The van der Waals surface area contributed by atoms with Gasteiger partial charge in [0.15, 0.2) is 11.5 Å². The summed E-state index contributed by atoms with van der Waals surface area (Å²) in [5, 5.41) is 9.95. The Hall–Kier alpha value is -0.945. The number of rotatable bonds is 3. The second-order valence-electron chi connectivity index (χ2n) is 6.20. The molecule has 0 spiro atoms. The molecule has 0 amide bonds. The third kappa shape index (κ3) is 2.86. The fourth-order valence-corrected chi connectivity index (χ4v) is 2.35. The van der Waals surface area contributed by atoms with Gasteiger partial charge in [0.25, 0.3) is 0 Å². The zero-order chi connectivity index (χ0) is 16.0. The summed E-state index contributed by atoms with van der Waals surface area (Å²) in [6.07, 6.45) is 0. The predicted octanol–water partition coefficient (Wildman–Crippen LogP) is 2.69. The minimum Gasteiger partial charge on any atom is -0.503 e. The smallest absolute Gasteiger partial charge is 0.480 e. The van der Waals surface area contributed by atoms with E-state index in [4.69, 9.17) is 31.4 Å². The highest BCUT2D eigenvalue weighted by atomic mass is 35.5. The number of methoxy groups -OCH3 is 1. The number of aromatic hydroxyl groups is 1. The van der Waals surface area contributed by atoms with E-state index in [1.807, 2.05) is 27.7 Å². The highest BCUT2D eigenvalue weighted by molar-refractivity contribution is 6.47. The van der Waals surface area contributed by atoms with Crippen molar-refractivity contribution < 1.29 is 19.2 Å². The Morgan fingerprint density at radius 3 is 2.24 bits per heavy atom. The van der Waals surface area contributed by atoms with E-state index in [0.717, 1.165) is 0 Å². The van der Waals surface area contributed by atoms with Crippen molar-refractivity contribution in [3.05, 3.63) is 22.7 Å². The molecule has 21 heavy (non-hydrogen) atoms. The van der Waals surface area contributed by atoms with Crippen LogP contribution in [-0.4, -0.2) is 30.5 Å². The zero-order valence-corrected chi connectivity index (χ0v) is 13.7. The number of phenolic OH excluding ortho intramolecular Hbond substituents is 1. The Labute approximate surface area is 130 Å². The Morgan fingerprint density at radius 1 is 1.24 bits per heavy atom. The fourth-order valence-electron chi connectivity index (χ4n) is 2.13. The van der Waals surface area contributed by atoms with E-state index >= 15 is 0 Å². The van der Waals surface area contributed by atoms with Crippen LogP contribution in [0.15, 0.2) is 12.1 Å². The molecule has 1 aliphatic heterocycles. The van der Waals surface area contributed by atoms with E-state index in [-0.39, 0.29) is 16.5 Å². The molecule has 0 aromatic heterocycles.